The van der Waals surface area contributed by atoms with Crippen molar-refractivity contribution >= 4 is 74.6 Å². The van der Waals surface area contributed by atoms with E-state index in [9.17, 15) is 0 Å². The Bertz CT molecular complexity index is 3310. The molecule has 5 heteroatoms. The summed E-state index contributed by atoms with van der Waals surface area (Å²) in [4.78, 5) is 11.3. The summed E-state index contributed by atoms with van der Waals surface area (Å²) in [6.07, 6.45) is 0. The van der Waals surface area contributed by atoms with E-state index in [1.165, 1.54) is 33.9 Å². The van der Waals surface area contributed by atoms with Crippen molar-refractivity contribution < 1.29 is 4.42 Å². The maximum absolute atomic E-state index is 6.44. The van der Waals surface area contributed by atoms with Gasteiger partial charge in [0.25, 0.3) is 0 Å². The molecule has 0 unspecified atom stereocenters. The number of para-hydroxylation sites is 3. The number of aromatic nitrogens is 3. The van der Waals surface area contributed by atoms with Gasteiger partial charge < -0.3 is 0 Å². The number of nitrogens with zero attached hydrogens (tertiary/aromatic N) is 3. The van der Waals surface area contributed by atoms with Gasteiger partial charge in [-0.25, -0.2) is 0 Å². The summed E-state index contributed by atoms with van der Waals surface area (Å²) in [5.74, 6) is 0.724. The van der Waals surface area contributed by atoms with Crippen molar-refractivity contribution in [2.75, 3.05) is 0 Å². The van der Waals surface area contributed by atoms with Gasteiger partial charge in [0.15, 0.2) is 0 Å². The van der Waals surface area contributed by atoms with Gasteiger partial charge in [-0.1, -0.05) is 0 Å². The standard InChI is InChI=1S/C52H33GeN3O/c1-4-18-34(19-5-1)52-54-50-37-24-10-14-28-41(37)53(35-20-6-2-7-21-35,36-22-8-3-9-23-36)49(50)51(55-52)39-26-12-16-30-43(39)56-42-29-15-11-25-38(42)47-44(56)32-33-46-48(47)40-27-13-17-31-45(40)57-46/h1-33H. The average molecular weight is 788 g/mol. The van der Waals surface area contributed by atoms with Crippen LogP contribution < -0.4 is 17.6 Å². The third kappa shape index (κ3) is 4.56. The third-order valence-corrected chi connectivity index (χ3v) is 22.1. The van der Waals surface area contributed by atoms with Gasteiger partial charge in [0.2, 0.25) is 0 Å². The van der Waals surface area contributed by atoms with Gasteiger partial charge in [0, 0.05) is 0 Å². The number of hydrogen-bond donors (Lipinski definition) is 0. The minimum atomic E-state index is -3.80. The van der Waals surface area contributed by atoms with E-state index in [0.717, 1.165) is 67.0 Å². The fraction of sp³-hybridized carbons (Fsp3) is 0. The van der Waals surface area contributed by atoms with Crippen LogP contribution in [-0.2, 0) is 0 Å². The van der Waals surface area contributed by atoms with Crippen molar-refractivity contribution in [1.82, 2.24) is 14.5 Å². The van der Waals surface area contributed by atoms with E-state index in [1.807, 2.05) is 6.07 Å². The second-order valence-corrected chi connectivity index (χ2v) is 22.6. The fourth-order valence-corrected chi connectivity index (χ4v) is 20.6. The molecule has 0 amide bonds. The van der Waals surface area contributed by atoms with Crippen molar-refractivity contribution in [2.24, 2.45) is 0 Å². The molecule has 11 aromatic rings. The Labute approximate surface area is 331 Å². The van der Waals surface area contributed by atoms with Crippen LogP contribution in [0, 0.1) is 0 Å². The van der Waals surface area contributed by atoms with E-state index in [-0.39, 0.29) is 0 Å². The summed E-state index contributed by atoms with van der Waals surface area (Å²) < 4.78 is 14.3. The van der Waals surface area contributed by atoms with E-state index >= 15 is 0 Å². The first-order chi connectivity index (χ1) is 28.3. The molecule has 12 rings (SSSR count). The Morgan fingerprint density at radius 1 is 0.421 bits per heavy atom. The molecule has 1 aliphatic heterocycles. The van der Waals surface area contributed by atoms with E-state index in [2.05, 4.69) is 199 Å². The minimum absolute atomic E-state index is 0.724. The summed E-state index contributed by atoms with van der Waals surface area (Å²) in [6, 6.07) is 72.2. The molecule has 0 N–H and O–H groups in total. The van der Waals surface area contributed by atoms with Gasteiger partial charge in [0.1, 0.15) is 0 Å². The zero-order valence-corrected chi connectivity index (χ0v) is 32.9. The molecule has 57 heavy (non-hydrogen) atoms. The summed E-state index contributed by atoms with van der Waals surface area (Å²) in [5.41, 5.74) is 10.4. The van der Waals surface area contributed by atoms with Crippen LogP contribution in [0.5, 0.6) is 0 Å². The zero-order chi connectivity index (χ0) is 37.5. The van der Waals surface area contributed by atoms with Gasteiger partial charge in [-0.3, -0.25) is 0 Å². The number of fused-ring (bicyclic) bond motifs is 10. The summed E-state index contributed by atoms with van der Waals surface area (Å²) >= 11 is -3.80. The number of furan rings is 1. The van der Waals surface area contributed by atoms with Crippen LogP contribution in [0.1, 0.15) is 0 Å². The van der Waals surface area contributed by atoms with Crippen molar-refractivity contribution in [1.29, 1.82) is 0 Å². The van der Waals surface area contributed by atoms with E-state index < -0.39 is 13.3 Å². The summed E-state index contributed by atoms with van der Waals surface area (Å²) in [6.45, 7) is 0. The fourth-order valence-electron chi connectivity index (χ4n) is 9.62. The van der Waals surface area contributed by atoms with Crippen molar-refractivity contribution in [2.45, 2.75) is 0 Å². The molecule has 4 nitrogen and oxygen atoms in total. The van der Waals surface area contributed by atoms with Gasteiger partial charge >= 0.3 is 333 Å². The van der Waals surface area contributed by atoms with Gasteiger partial charge in [-0.05, 0) is 0 Å². The predicted molar refractivity (Wildman–Crippen MR) is 237 cm³/mol. The molecule has 266 valence electrons. The maximum atomic E-state index is 6.44. The molecule has 0 saturated heterocycles. The molecule has 0 fully saturated rings. The molecule has 0 radical (unpaired) electrons. The SMILES string of the molecule is c1ccc(-c2nc(-c3ccccc3-n3c4ccccc4c4c5c(ccc43)oc3ccccc35)[c]3c(n2)-c2cccc[c]2[Ge]3([c]2ccccc2)[c]2ccccc2)cc1. The monoisotopic (exact) mass is 789 g/mol. The van der Waals surface area contributed by atoms with Crippen LogP contribution >= 0.6 is 0 Å². The molecule has 4 heterocycles. The quantitative estimate of drug-likeness (QED) is 0.163. The Kier molecular flexibility index (Phi) is 7.07. The van der Waals surface area contributed by atoms with Crippen molar-refractivity contribution in [3.05, 3.63) is 200 Å². The predicted octanol–water partition coefficient (Wildman–Crippen LogP) is 10.2. The molecule has 8 aromatic carbocycles. The molecule has 0 spiro atoms. The van der Waals surface area contributed by atoms with Gasteiger partial charge in [-0.2, -0.15) is 0 Å². The Morgan fingerprint density at radius 2 is 1.00 bits per heavy atom. The van der Waals surface area contributed by atoms with Gasteiger partial charge in [0.05, 0.1) is 0 Å². The second kappa shape index (κ2) is 12.5. The van der Waals surface area contributed by atoms with Crippen LogP contribution in [0.15, 0.2) is 205 Å². The van der Waals surface area contributed by atoms with Crippen LogP contribution in [-0.4, -0.2) is 27.8 Å². The topological polar surface area (TPSA) is 43.9 Å². The van der Waals surface area contributed by atoms with Crippen molar-refractivity contribution in [3.8, 4) is 39.6 Å². The second-order valence-electron chi connectivity index (χ2n) is 14.8. The van der Waals surface area contributed by atoms with Crippen LogP contribution in [0.3, 0.4) is 0 Å². The van der Waals surface area contributed by atoms with Crippen LogP contribution in [0.25, 0.3) is 83.3 Å². The van der Waals surface area contributed by atoms with Crippen LogP contribution in [0.4, 0.5) is 0 Å². The summed E-state index contributed by atoms with van der Waals surface area (Å²) in [7, 11) is 0. The molecule has 3 aromatic heterocycles. The van der Waals surface area contributed by atoms with E-state index in [4.69, 9.17) is 14.4 Å². The van der Waals surface area contributed by atoms with E-state index in [1.54, 1.807) is 0 Å². The first-order valence-electron chi connectivity index (χ1n) is 19.4. The summed E-state index contributed by atoms with van der Waals surface area (Å²) in [5, 5.41) is 4.64. The molecule has 0 aliphatic carbocycles. The Morgan fingerprint density at radius 3 is 1.75 bits per heavy atom. The van der Waals surface area contributed by atoms with Crippen molar-refractivity contribution in [3.63, 3.8) is 0 Å². The molecule has 0 saturated carbocycles. The molecule has 0 atom stereocenters. The first-order valence-corrected chi connectivity index (χ1v) is 23.6. The van der Waals surface area contributed by atoms with E-state index in [0.29, 0.717) is 0 Å². The molecular weight excluding hydrogens is 755 g/mol. The zero-order valence-electron chi connectivity index (χ0n) is 30.8. The normalized spacial score (nSPS) is 13.1. The van der Waals surface area contributed by atoms with Gasteiger partial charge in [-0.15, -0.1) is 0 Å². The number of hydrogen-bond acceptors (Lipinski definition) is 3. The Balaban J connectivity index is 1.25. The molecule has 0 bridgehead atoms. The number of benzene rings is 8. The molecular formula is C52H33GeN3O. The molecule has 1 aliphatic rings. The number of rotatable bonds is 5. The average Bonchev–Trinajstić information content (AvgIpc) is 3.93. The third-order valence-electron chi connectivity index (χ3n) is 11.9. The Hall–Kier alpha value is -7.02. The van der Waals surface area contributed by atoms with Crippen LogP contribution in [0.2, 0.25) is 0 Å². The first kappa shape index (κ1) is 32.2.